The third-order valence-corrected chi connectivity index (χ3v) is 1.50. The molecule has 0 aliphatic heterocycles. The summed E-state index contributed by atoms with van der Waals surface area (Å²) in [6, 6.07) is 0.866. The second-order valence-corrected chi connectivity index (χ2v) is 2.35. The molecular weight excluding hydrogens is 192 g/mol. The molecule has 0 aromatic carbocycles. The number of aromatic amines is 1. The van der Waals surface area contributed by atoms with Crippen molar-refractivity contribution in [1.82, 2.24) is 4.98 Å². The first kappa shape index (κ1) is 9.90. The van der Waals surface area contributed by atoms with E-state index in [1.165, 1.54) is 0 Å². The van der Waals surface area contributed by atoms with Crippen LogP contribution in [0.4, 0.5) is 5.69 Å². The fraction of sp³-hybridized carbons (Fsp3) is 0.143. The second-order valence-electron chi connectivity index (χ2n) is 2.35. The van der Waals surface area contributed by atoms with Gasteiger partial charge in [0.1, 0.15) is 5.56 Å². The predicted molar refractivity (Wildman–Crippen MR) is 45.1 cm³/mol. The molecule has 1 N–H and O–H groups in total. The quantitative estimate of drug-likeness (QED) is 0.411. The minimum Gasteiger partial charge on any atom is -0.465 e. The fourth-order valence-electron chi connectivity index (χ4n) is 0.839. The molecular formula is C7H6N2O5. The van der Waals surface area contributed by atoms with Crippen molar-refractivity contribution in [3.05, 3.63) is 38.3 Å². The van der Waals surface area contributed by atoms with Crippen molar-refractivity contribution in [2.45, 2.75) is 0 Å². The van der Waals surface area contributed by atoms with E-state index in [4.69, 9.17) is 0 Å². The molecule has 0 atom stereocenters. The third-order valence-electron chi connectivity index (χ3n) is 1.50. The molecule has 1 heterocycles. The van der Waals surface area contributed by atoms with Crippen LogP contribution in [0.3, 0.4) is 0 Å². The van der Waals surface area contributed by atoms with Gasteiger partial charge in [-0.1, -0.05) is 0 Å². The van der Waals surface area contributed by atoms with Crippen LogP contribution in [-0.2, 0) is 4.74 Å². The number of nitro groups is 1. The Bertz CT molecular complexity index is 436. The van der Waals surface area contributed by atoms with E-state index in [0.717, 1.165) is 19.4 Å². The number of hydrogen-bond donors (Lipinski definition) is 1. The number of esters is 1. The van der Waals surface area contributed by atoms with Gasteiger partial charge in [0, 0.05) is 6.07 Å². The minimum absolute atomic E-state index is 0.370. The molecule has 0 saturated heterocycles. The van der Waals surface area contributed by atoms with E-state index < -0.39 is 16.5 Å². The van der Waals surface area contributed by atoms with Crippen molar-refractivity contribution in [3.63, 3.8) is 0 Å². The second kappa shape index (κ2) is 3.69. The van der Waals surface area contributed by atoms with E-state index in [-0.39, 0.29) is 11.3 Å². The Balaban J connectivity index is 3.28. The number of hydrogen-bond acceptors (Lipinski definition) is 5. The van der Waals surface area contributed by atoms with Crippen LogP contribution in [0.2, 0.25) is 0 Å². The van der Waals surface area contributed by atoms with Crippen molar-refractivity contribution in [2.24, 2.45) is 0 Å². The Morgan fingerprint density at radius 3 is 2.79 bits per heavy atom. The van der Waals surface area contributed by atoms with Crippen molar-refractivity contribution in [1.29, 1.82) is 0 Å². The average Bonchev–Trinajstić information content (AvgIpc) is 2.17. The summed E-state index contributed by atoms with van der Waals surface area (Å²) in [5.74, 6) is -0.907. The van der Waals surface area contributed by atoms with Crippen LogP contribution in [0.1, 0.15) is 10.4 Å². The van der Waals surface area contributed by atoms with Crippen LogP contribution in [-0.4, -0.2) is 23.0 Å². The molecule has 0 spiro atoms. The number of aromatic nitrogens is 1. The Morgan fingerprint density at radius 2 is 2.29 bits per heavy atom. The van der Waals surface area contributed by atoms with Crippen molar-refractivity contribution in [2.75, 3.05) is 7.11 Å². The maximum absolute atomic E-state index is 11.0. The number of nitrogens with zero attached hydrogens (tertiary/aromatic N) is 1. The van der Waals surface area contributed by atoms with Crippen LogP contribution in [0, 0.1) is 10.1 Å². The Morgan fingerprint density at radius 1 is 1.64 bits per heavy atom. The van der Waals surface area contributed by atoms with E-state index in [1.54, 1.807) is 0 Å². The van der Waals surface area contributed by atoms with Gasteiger partial charge in [-0.25, -0.2) is 4.79 Å². The molecule has 0 fully saturated rings. The molecule has 0 amide bonds. The summed E-state index contributed by atoms with van der Waals surface area (Å²) < 4.78 is 4.27. The number of carbonyl (C=O) groups excluding carboxylic acids is 1. The van der Waals surface area contributed by atoms with Gasteiger partial charge in [-0.05, 0) is 0 Å². The van der Waals surface area contributed by atoms with Gasteiger partial charge in [0.15, 0.2) is 0 Å². The molecule has 1 aromatic rings. The highest BCUT2D eigenvalue weighted by atomic mass is 16.6. The molecule has 0 radical (unpaired) electrons. The summed E-state index contributed by atoms with van der Waals surface area (Å²) >= 11 is 0. The van der Waals surface area contributed by atoms with Crippen LogP contribution < -0.4 is 5.56 Å². The maximum atomic E-state index is 11.0. The van der Waals surface area contributed by atoms with E-state index in [9.17, 15) is 19.7 Å². The molecule has 14 heavy (non-hydrogen) atoms. The minimum atomic E-state index is -0.907. The highest BCUT2D eigenvalue weighted by Gasteiger charge is 2.15. The van der Waals surface area contributed by atoms with Crippen molar-refractivity contribution in [3.8, 4) is 0 Å². The zero-order chi connectivity index (χ0) is 10.7. The highest BCUT2D eigenvalue weighted by Crippen LogP contribution is 2.08. The fourth-order valence-corrected chi connectivity index (χ4v) is 0.839. The van der Waals surface area contributed by atoms with Gasteiger partial charge in [-0.2, -0.15) is 0 Å². The lowest BCUT2D eigenvalue weighted by Gasteiger charge is -1.96. The molecule has 1 aromatic heterocycles. The predicted octanol–water partition coefficient (Wildman–Crippen LogP) is 0.0697. The number of rotatable bonds is 2. The van der Waals surface area contributed by atoms with E-state index in [2.05, 4.69) is 9.72 Å². The first-order valence-electron chi connectivity index (χ1n) is 3.51. The Labute approximate surface area is 77.5 Å². The smallest absolute Gasteiger partial charge is 0.343 e. The van der Waals surface area contributed by atoms with Crippen LogP contribution >= 0.6 is 0 Å². The van der Waals surface area contributed by atoms with Gasteiger partial charge >= 0.3 is 5.97 Å². The largest absolute Gasteiger partial charge is 0.465 e. The summed E-state index contributed by atoms with van der Waals surface area (Å²) in [6.07, 6.45) is 0.911. The summed E-state index contributed by atoms with van der Waals surface area (Å²) in [4.78, 5) is 33.6. The molecule has 74 valence electrons. The van der Waals surface area contributed by atoms with Gasteiger partial charge in [-0.15, -0.1) is 0 Å². The molecule has 7 heteroatoms. The van der Waals surface area contributed by atoms with Crippen molar-refractivity contribution < 1.29 is 14.5 Å². The molecule has 0 aliphatic carbocycles. The van der Waals surface area contributed by atoms with Crippen LogP contribution in [0.25, 0.3) is 0 Å². The average molecular weight is 198 g/mol. The first-order chi connectivity index (χ1) is 6.56. The van der Waals surface area contributed by atoms with E-state index in [0.29, 0.717) is 0 Å². The van der Waals surface area contributed by atoms with Gasteiger partial charge in [-0.3, -0.25) is 14.9 Å². The lowest BCUT2D eigenvalue weighted by atomic mass is 10.2. The lowest BCUT2D eigenvalue weighted by molar-refractivity contribution is -0.385. The van der Waals surface area contributed by atoms with Gasteiger partial charge in [0.2, 0.25) is 0 Å². The zero-order valence-electron chi connectivity index (χ0n) is 7.14. The van der Waals surface area contributed by atoms with Crippen molar-refractivity contribution >= 4 is 11.7 Å². The molecule has 0 aliphatic rings. The standard InChI is InChI=1S/C7H6N2O5/c1-14-7(11)5-2-4(9(12)13)3-8-6(5)10/h2-3H,1H3,(H,8,10). The third kappa shape index (κ3) is 1.76. The lowest BCUT2D eigenvalue weighted by Crippen LogP contribution is -2.18. The van der Waals surface area contributed by atoms with Gasteiger partial charge < -0.3 is 9.72 Å². The highest BCUT2D eigenvalue weighted by molar-refractivity contribution is 5.89. The monoisotopic (exact) mass is 198 g/mol. The van der Waals surface area contributed by atoms with Gasteiger partial charge in [0.05, 0.1) is 18.2 Å². The number of ether oxygens (including phenoxy) is 1. The summed E-state index contributed by atoms with van der Waals surface area (Å²) in [7, 11) is 1.08. The maximum Gasteiger partial charge on any atom is 0.343 e. The number of pyridine rings is 1. The number of methoxy groups -OCH3 is 1. The zero-order valence-corrected chi connectivity index (χ0v) is 7.14. The molecule has 0 bridgehead atoms. The number of H-pyrrole nitrogens is 1. The first-order valence-corrected chi connectivity index (χ1v) is 3.51. The molecule has 0 unspecified atom stereocenters. The molecule has 7 nitrogen and oxygen atoms in total. The summed E-state index contributed by atoms with van der Waals surface area (Å²) in [5, 5.41) is 10.3. The summed E-state index contributed by atoms with van der Waals surface area (Å²) in [5.41, 5.74) is -1.48. The topological polar surface area (TPSA) is 102 Å². The van der Waals surface area contributed by atoms with Crippen LogP contribution in [0.5, 0.6) is 0 Å². The Hall–Kier alpha value is -2.18. The van der Waals surface area contributed by atoms with Gasteiger partial charge in [0.25, 0.3) is 11.2 Å². The molecule has 0 saturated carbocycles. The summed E-state index contributed by atoms with van der Waals surface area (Å²) in [6.45, 7) is 0. The Kier molecular flexibility index (Phi) is 2.61. The number of carbonyl (C=O) groups is 1. The SMILES string of the molecule is COC(=O)c1cc([N+](=O)[O-])c[nH]c1=O. The normalized spacial score (nSPS) is 9.50. The van der Waals surface area contributed by atoms with E-state index in [1.807, 2.05) is 0 Å². The number of nitrogens with one attached hydrogen (secondary N) is 1. The van der Waals surface area contributed by atoms with Crippen LogP contribution in [0.15, 0.2) is 17.1 Å². The molecule has 1 rings (SSSR count). The van der Waals surface area contributed by atoms with E-state index >= 15 is 0 Å².